The molecule has 0 fully saturated rings. The monoisotopic (exact) mass is 307 g/mol. The number of hydrogen-bond acceptors (Lipinski definition) is 4. The van der Waals surface area contributed by atoms with Gasteiger partial charge in [-0.1, -0.05) is 45.1 Å². The van der Waals surface area contributed by atoms with Gasteiger partial charge in [-0.05, 0) is 12.8 Å². The minimum absolute atomic E-state index is 0.0231. The van der Waals surface area contributed by atoms with E-state index < -0.39 is 5.97 Å². The Labute approximate surface area is 133 Å². The number of aliphatic imine (C=N–C) groups is 1. The third kappa shape index (κ3) is 5.39. The third-order valence-corrected chi connectivity index (χ3v) is 4.07. The Bertz CT molecular complexity index is 441. The van der Waals surface area contributed by atoms with Crippen LogP contribution in [0.4, 0.5) is 0 Å². The van der Waals surface area contributed by atoms with Crippen molar-refractivity contribution in [3.63, 3.8) is 0 Å². The van der Waals surface area contributed by atoms with E-state index >= 15 is 0 Å². The second-order valence-electron chi connectivity index (χ2n) is 5.95. The maximum absolute atomic E-state index is 11.0. The minimum atomic E-state index is -1.12. The SMILES string of the molecule is CCCCCCCC/C=C/C1=NC=C[N+]1(CC(=O)[O-])C(C)N. The van der Waals surface area contributed by atoms with Crippen LogP contribution in [0, 0.1) is 0 Å². The first-order chi connectivity index (χ1) is 10.5. The van der Waals surface area contributed by atoms with Crippen LogP contribution in [0.2, 0.25) is 0 Å². The van der Waals surface area contributed by atoms with Crippen LogP contribution in [0.1, 0.15) is 58.8 Å². The molecule has 0 aromatic carbocycles. The predicted octanol–water partition coefficient (Wildman–Crippen LogP) is 2.05. The van der Waals surface area contributed by atoms with E-state index in [1.54, 1.807) is 19.3 Å². The fourth-order valence-electron chi connectivity index (χ4n) is 2.66. The third-order valence-electron chi connectivity index (χ3n) is 4.07. The van der Waals surface area contributed by atoms with Crippen molar-refractivity contribution >= 4 is 11.8 Å². The topological polar surface area (TPSA) is 78.5 Å². The average Bonchev–Trinajstić information content (AvgIpc) is 2.85. The Kier molecular flexibility index (Phi) is 8.06. The average molecular weight is 307 g/mol. The number of unbranched alkanes of at least 4 members (excludes halogenated alkanes) is 6. The fourth-order valence-corrected chi connectivity index (χ4v) is 2.66. The minimum Gasteiger partial charge on any atom is -0.544 e. The predicted molar refractivity (Wildman–Crippen MR) is 87.5 cm³/mol. The Hall–Kier alpha value is -1.46. The number of carbonyl (C=O) groups excluding carboxylic acids is 1. The summed E-state index contributed by atoms with van der Waals surface area (Å²) in [5.74, 6) is -0.453. The largest absolute Gasteiger partial charge is 0.544 e. The second-order valence-corrected chi connectivity index (χ2v) is 5.95. The second kappa shape index (κ2) is 9.54. The first-order valence-electron chi connectivity index (χ1n) is 8.28. The van der Waals surface area contributed by atoms with Gasteiger partial charge in [0.1, 0.15) is 18.9 Å². The lowest BCUT2D eigenvalue weighted by molar-refractivity contribution is -0.805. The molecule has 0 aromatic heterocycles. The van der Waals surface area contributed by atoms with E-state index in [1.165, 1.54) is 32.1 Å². The van der Waals surface area contributed by atoms with Crippen molar-refractivity contribution in [2.24, 2.45) is 10.7 Å². The smallest absolute Gasteiger partial charge is 0.233 e. The zero-order valence-electron chi connectivity index (χ0n) is 13.8. The summed E-state index contributed by atoms with van der Waals surface area (Å²) in [5.41, 5.74) is 5.98. The highest BCUT2D eigenvalue weighted by atomic mass is 16.4. The maximum atomic E-state index is 11.0. The van der Waals surface area contributed by atoms with E-state index in [4.69, 9.17) is 5.73 Å². The van der Waals surface area contributed by atoms with Crippen LogP contribution >= 0.6 is 0 Å². The summed E-state index contributed by atoms with van der Waals surface area (Å²) >= 11 is 0. The van der Waals surface area contributed by atoms with Gasteiger partial charge < -0.3 is 9.90 Å². The van der Waals surface area contributed by atoms with Gasteiger partial charge in [-0.15, -0.1) is 0 Å². The number of carbonyl (C=O) groups is 1. The van der Waals surface area contributed by atoms with Gasteiger partial charge in [0.25, 0.3) is 0 Å². The standard InChI is InChI=1S/C17H29N3O2/c1-3-4-5-6-7-8-9-10-11-16-19-12-13-20(16,15(2)18)14-17(21)22/h10-13,15H,3-9,14,18H2,1-2H3/b11-10+. The molecule has 5 heteroatoms. The van der Waals surface area contributed by atoms with Gasteiger partial charge in [0, 0.05) is 13.0 Å². The van der Waals surface area contributed by atoms with Gasteiger partial charge in [0.2, 0.25) is 5.84 Å². The number of allylic oxidation sites excluding steroid dienone is 1. The van der Waals surface area contributed by atoms with Crippen molar-refractivity contribution in [3.8, 4) is 0 Å². The first-order valence-corrected chi connectivity index (χ1v) is 8.28. The van der Waals surface area contributed by atoms with Crippen LogP contribution in [0.25, 0.3) is 0 Å². The molecule has 0 bridgehead atoms. The molecule has 22 heavy (non-hydrogen) atoms. The van der Waals surface area contributed by atoms with Gasteiger partial charge in [-0.25, -0.2) is 4.48 Å². The normalized spacial score (nSPS) is 22.2. The number of amidine groups is 1. The molecular formula is C17H29N3O2. The van der Waals surface area contributed by atoms with Gasteiger partial charge in [0.05, 0.1) is 12.2 Å². The number of rotatable bonds is 11. The summed E-state index contributed by atoms with van der Waals surface area (Å²) in [4.78, 5) is 15.3. The molecular weight excluding hydrogens is 278 g/mol. The van der Waals surface area contributed by atoms with E-state index in [9.17, 15) is 9.90 Å². The van der Waals surface area contributed by atoms with Crippen molar-refractivity contribution in [1.29, 1.82) is 0 Å². The number of nitrogens with zero attached hydrogens (tertiary/aromatic N) is 2. The van der Waals surface area contributed by atoms with E-state index in [0.29, 0.717) is 5.84 Å². The van der Waals surface area contributed by atoms with Crippen molar-refractivity contribution < 1.29 is 14.4 Å². The highest BCUT2D eigenvalue weighted by Crippen LogP contribution is 2.20. The molecule has 0 saturated heterocycles. The quantitative estimate of drug-likeness (QED) is 0.469. The molecule has 1 aliphatic rings. The maximum Gasteiger partial charge on any atom is 0.233 e. The molecule has 0 spiro atoms. The highest BCUT2D eigenvalue weighted by molar-refractivity contribution is 5.90. The van der Waals surface area contributed by atoms with Crippen molar-refractivity contribution in [2.75, 3.05) is 6.54 Å². The van der Waals surface area contributed by atoms with Crippen molar-refractivity contribution in [2.45, 2.75) is 65.0 Å². The number of hydrogen-bond donors (Lipinski definition) is 1. The Balaban J connectivity index is 2.46. The van der Waals surface area contributed by atoms with Crippen molar-refractivity contribution in [3.05, 3.63) is 24.6 Å². The molecule has 0 saturated carbocycles. The molecule has 0 aliphatic carbocycles. The summed E-state index contributed by atoms with van der Waals surface area (Å²) in [6, 6.07) is 0. The van der Waals surface area contributed by atoms with Crippen LogP contribution < -0.4 is 10.8 Å². The Morgan fingerprint density at radius 3 is 2.68 bits per heavy atom. The van der Waals surface area contributed by atoms with Crippen LogP contribution in [0.3, 0.4) is 0 Å². The number of aliphatic carboxylic acids is 1. The molecule has 0 aromatic rings. The van der Waals surface area contributed by atoms with Crippen molar-refractivity contribution in [1.82, 2.24) is 0 Å². The Morgan fingerprint density at radius 1 is 1.36 bits per heavy atom. The number of carboxylic acid groups (broad SMARTS) is 1. The zero-order valence-corrected chi connectivity index (χ0v) is 13.8. The molecule has 124 valence electrons. The van der Waals surface area contributed by atoms with Gasteiger partial charge in [0.15, 0.2) is 0 Å². The van der Waals surface area contributed by atoms with E-state index in [0.717, 1.165) is 12.8 Å². The molecule has 2 N–H and O–H groups in total. The summed E-state index contributed by atoms with van der Waals surface area (Å²) in [5, 5.41) is 11.0. The molecule has 1 heterocycles. The number of carboxylic acids is 1. The summed E-state index contributed by atoms with van der Waals surface area (Å²) in [6.07, 6.45) is 15.5. The summed E-state index contributed by atoms with van der Waals surface area (Å²) < 4.78 is 0.0231. The summed E-state index contributed by atoms with van der Waals surface area (Å²) in [6.45, 7) is 3.82. The molecule has 1 rings (SSSR count). The number of nitrogens with two attached hydrogens (primary N) is 1. The molecule has 5 nitrogen and oxygen atoms in total. The summed E-state index contributed by atoms with van der Waals surface area (Å²) in [7, 11) is 0. The van der Waals surface area contributed by atoms with Gasteiger partial charge in [-0.2, -0.15) is 4.99 Å². The number of quaternary nitrogens is 1. The van der Waals surface area contributed by atoms with Crippen LogP contribution in [-0.4, -0.2) is 29.0 Å². The lowest BCUT2D eigenvalue weighted by atomic mass is 10.1. The van der Waals surface area contributed by atoms with E-state index in [2.05, 4.69) is 18.0 Å². The van der Waals surface area contributed by atoms with Crippen LogP contribution in [0.5, 0.6) is 0 Å². The molecule has 1 aliphatic heterocycles. The Morgan fingerprint density at radius 2 is 2.05 bits per heavy atom. The van der Waals surface area contributed by atoms with E-state index in [1.807, 2.05) is 6.08 Å². The first kappa shape index (κ1) is 18.6. The van der Waals surface area contributed by atoms with Gasteiger partial charge in [-0.3, -0.25) is 5.73 Å². The molecule has 0 amide bonds. The fraction of sp³-hybridized carbons (Fsp3) is 0.647. The van der Waals surface area contributed by atoms with Crippen LogP contribution in [-0.2, 0) is 4.79 Å². The molecule has 0 radical (unpaired) electrons. The van der Waals surface area contributed by atoms with Crippen LogP contribution in [0.15, 0.2) is 29.5 Å². The van der Waals surface area contributed by atoms with Gasteiger partial charge >= 0.3 is 0 Å². The highest BCUT2D eigenvalue weighted by Gasteiger charge is 2.37. The van der Waals surface area contributed by atoms with E-state index in [-0.39, 0.29) is 17.2 Å². The lowest BCUT2D eigenvalue weighted by Gasteiger charge is -2.35. The lowest BCUT2D eigenvalue weighted by Crippen LogP contribution is -2.60. The molecule has 2 unspecified atom stereocenters. The molecule has 2 atom stereocenters. The zero-order chi connectivity index (χ0) is 16.4.